The predicted molar refractivity (Wildman–Crippen MR) is 89.6 cm³/mol. The zero-order chi connectivity index (χ0) is 18.4. The maximum atomic E-state index is 9.10. The van der Waals surface area contributed by atoms with E-state index in [0.717, 1.165) is 36.6 Å². The van der Waals surface area contributed by atoms with Crippen LogP contribution in [0.2, 0.25) is 0 Å². The first-order valence-electron chi connectivity index (χ1n) is 7.23. The summed E-state index contributed by atoms with van der Waals surface area (Å²) >= 11 is 0. The molecule has 0 aromatic heterocycles. The van der Waals surface area contributed by atoms with Gasteiger partial charge in [0.1, 0.15) is 18.1 Å². The van der Waals surface area contributed by atoms with Gasteiger partial charge >= 0.3 is 11.9 Å². The largest absolute Gasteiger partial charge is 0.497 e. The summed E-state index contributed by atoms with van der Waals surface area (Å²) in [5.74, 6) is -1.93. The van der Waals surface area contributed by atoms with Crippen LogP contribution in [0, 0.1) is 0 Å². The molecule has 134 valence electrons. The minimum Gasteiger partial charge on any atom is -0.497 e. The van der Waals surface area contributed by atoms with E-state index in [9.17, 15) is 0 Å². The van der Waals surface area contributed by atoms with Crippen molar-refractivity contribution in [3.05, 3.63) is 36.4 Å². The molecule has 1 rings (SSSR count). The standard InChI is InChI=1S/C14H22N2O2.C2H2O4/c1-3-4-12-11-13(17-2)5-6-14(12)18-10-9-16-8-7-15;3-1(4)2(5)6/h3,5-6,11,16H,1,4,7-10,15H2,2H3;(H,3,4)(H,5,6). The van der Waals surface area contributed by atoms with Gasteiger partial charge in [0.25, 0.3) is 0 Å². The van der Waals surface area contributed by atoms with Gasteiger partial charge in [0, 0.05) is 25.2 Å². The molecule has 0 atom stereocenters. The minimum absolute atomic E-state index is 0.621. The Hall–Kier alpha value is -2.58. The number of carbonyl (C=O) groups is 2. The van der Waals surface area contributed by atoms with Crippen molar-refractivity contribution in [3.63, 3.8) is 0 Å². The highest BCUT2D eigenvalue weighted by atomic mass is 16.5. The SMILES string of the molecule is C=CCc1cc(OC)ccc1OCCNCCN.O=C(O)C(=O)O. The third kappa shape index (κ3) is 9.44. The van der Waals surface area contributed by atoms with Gasteiger partial charge in [0.2, 0.25) is 0 Å². The summed E-state index contributed by atoms with van der Waals surface area (Å²) in [6, 6.07) is 5.81. The van der Waals surface area contributed by atoms with E-state index in [1.54, 1.807) is 7.11 Å². The first kappa shape index (κ1) is 21.4. The van der Waals surface area contributed by atoms with Crippen molar-refractivity contribution < 1.29 is 29.3 Å². The second kappa shape index (κ2) is 12.9. The topological polar surface area (TPSA) is 131 Å². The summed E-state index contributed by atoms with van der Waals surface area (Å²) < 4.78 is 10.9. The number of ether oxygens (including phenoxy) is 2. The Labute approximate surface area is 140 Å². The van der Waals surface area contributed by atoms with Crippen molar-refractivity contribution in [1.82, 2.24) is 5.32 Å². The van der Waals surface area contributed by atoms with Gasteiger partial charge in [-0.2, -0.15) is 0 Å². The molecule has 24 heavy (non-hydrogen) atoms. The lowest BCUT2D eigenvalue weighted by atomic mass is 10.1. The number of allylic oxidation sites excluding steroid dienone is 1. The van der Waals surface area contributed by atoms with Gasteiger partial charge in [-0.25, -0.2) is 9.59 Å². The molecule has 0 heterocycles. The van der Waals surface area contributed by atoms with E-state index in [4.69, 9.17) is 35.0 Å². The molecule has 0 spiro atoms. The van der Waals surface area contributed by atoms with Gasteiger partial charge < -0.3 is 30.7 Å². The summed E-state index contributed by atoms with van der Waals surface area (Å²) in [7, 11) is 1.66. The smallest absolute Gasteiger partial charge is 0.414 e. The third-order valence-corrected chi connectivity index (χ3v) is 2.67. The Bertz CT molecular complexity index is 521. The molecular weight excluding hydrogens is 316 g/mol. The number of nitrogens with one attached hydrogen (secondary N) is 1. The van der Waals surface area contributed by atoms with Gasteiger partial charge in [-0.1, -0.05) is 6.08 Å². The molecular formula is C16H24N2O6. The van der Waals surface area contributed by atoms with Crippen LogP contribution < -0.4 is 20.5 Å². The highest BCUT2D eigenvalue weighted by Gasteiger charge is 2.05. The second-order valence-electron chi connectivity index (χ2n) is 4.46. The van der Waals surface area contributed by atoms with Gasteiger partial charge in [-0.15, -0.1) is 6.58 Å². The van der Waals surface area contributed by atoms with E-state index >= 15 is 0 Å². The highest BCUT2D eigenvalue weighted by Crippen LogP contribution is 2.24. The lowest BCUT2D eigenvalue weighted by Crippen LogP contribution is -2.26. The zero-order valence-corrected chi connectivity index (χ0v) is 13.7. The van der Waals surface area contributed by atoms with E-state index in [-0.39, 0.29) is 0 Å². The van der Waals surface area contributed by atoms with Crippen LogP contribution >= 0.6 is 0 Å². The second-order valence-corrected chi connectivity index (χ2v) is 4.46. The number of rotatable bonds is 9. The fourth-order valence-corrected chi connectivity index (χ4v) is 1.60. The minimum atomic E-state index is -1.82. The van der Waals surface area contributed by atoms with Crippen molar-refractivity contribution in [2.24, 2.45) is 5.73 Å². The Balaban J connectivity index is 0.000000754. The molecule has 0 aliphatic rings. The quantitative estimate of drug-likeness (QED) is 0.290. The highest BCUT2D eigenvalue weighted by molar-refractivity contribution is 6.27. The van der Waals surface area contributed by atoms with Gasteiger partial charge in [-0.05, 0) is 24.6 Å². The number of nitrogens with two attached hydrogens (primary N) is 1. The summed E-state index contributed by atoms with van der Waals surface area (Å²) in [6.07, 6.45) is 2.62. The maximum absolute atomic E-state index is 9.10. The summed E-state index contributed by atoms with van der Waals surface area (Å²) in [4.78, 5) is 18.2. The number of methoxy groups -OCH3 is 1. The molecule has 0 saturated heterocycles. The van der Waals surface area contributed by atoms with E-state index in [2.05, 4.69) is 11.9 Å². The lowest BCUT2D eigenvalue weighted by Gasteiger charge is -2.12. The molecule has 0 fully saturated rings. The van der Waals surface area contributed by atoms with E-state index in [0.29, 0.717) is 13.2 Å². The lowest BCUT2D eigenvalue weighted by molar-refractivity contribution is -0.159. The summed E-state index contributed by atoms with van der Waals surface area (Å²) in [5.41, 5.74) is 6.48. The molecule has 8 nitrogen and oxygen atoms in total. The van der Waals surface area contributed by atoms with E-state index in [1.165, 1.54) is 0 Å². The molecule has 0 radical (unpaired) electrons. The molecule has 1 aromatic carbocycles. The van der Waals surface area contributed by atoms with Gasteiger partial charge in [0.05, 0.1) is 7.11 Å². The molecule has 0 amide bonds. The van der Waals surface area contributed by atoms with Crippen LogP contribution in [-0.4, -0.2) is 55.5 Å². The number of aliphatic carboxylic acids is 2. The van der Waals surface area contributed by atoms with Crippen LogP contribution in [0.4, 0.5) is 0 Å². The van der Waals surface area contributed by atoms with Crippen LogP contribution in [0.3, 0.4) is 0 Å². The van der Waals surface area contributed by atoms with Crippen LogP contribution in [-0.2, 0) is 16.0 Å². The first-order chi connectivity index (χ1) is 11.5. The van der Waals surface area contributed by atoms with Crippen molar-refractivity contribution in [2.45, 2.75) is 6.42 Å². The average Bonchev–Trinajstić information content (AvgIpc) is 2.56. The van der Waals surface area contributed by atoms with Crippen molar-refractivity contribution in [3.8, 4) is 11.5 Å². The first-order valence-corrected chi connectivity index (χ1v) is 7.23. The van der Waals surface area contributed by atoms with E-state index < -0.39 is 11.9 Å². The fourth-order valence-electron chi connectivity index (χ4n) is 1.60. The summed E-state index contributed by atoms with van der Waals surface area (Å²) in [6.45, 7) is 6.61. The van der Waals surface area contributed by atoms with Crippen LogP contribution in [0.15, 0.2) is 30.9 Å². The monoisotopic (exact) mass is 340 g/mol. The van der Waals surface area contributed by atoms with Crippen LogP contribution in [0.1, 0.15) is 5.56 Å². The molecule has 0 aliphatic carbocycles. The number of carboxylic acids is 2. The Morgan fingerprint density at radius 2 is 1.96 bits per heavy atom. The van der Waals surface area contributed by atoms with E-state index in [1.807, 2.05) is 24.3 Å². The van der Waals surface area contributed by atoms with Gasteiger partial charge in [0.15, 0.2) is 0 Å². The molecule has 0 bridgehead atoms. The number of hydrogen-bond donors (Lipinski definition) is 4. The fraction of sp³-hybridized carbons (Fsp3) is 0.375. The summed E-state index contributed by atoms with van der Waals surface area (Å²) in [5, 5.41) is 18.0. The average molecular weight is 340 g/mol. The molecule has 8 heteroatoms. The molecule has 0 saturated carbocycles. The normalized spacial score (nSPS) is 9.42. The van der Waals surface area contributed by atoms with Crippen molar-refractivity contribution in [2.75, 3.05) is 33.4 Å². The number of benzene rings is 1. The molecule has 1 aromatic rings. The molecule has 0 aliphatic heterocycles. The third-order valence-electron chi connectivity index (χ3n) is 2.67. The maximum Gasteiger partial charge on any atom is 0.414 e. The van der Waals surface area contributed by atoms with Gasteiger partial charge in [-0.3, -0.25) is 0 Å². The zero-order valence-electron chi connectivity index (χ0n) is 13.7. The Morgan fingerprint density at radius 3 is 2.46 bits per heavy atom. The Morgan fingerprint density at radius 1 is 1.29 bits per heavy atom. The Kier molecular flexibility index (Phi) is 11.5. The van der Waals surface area contributed by atoms with Crippen LogP contribution in [0.25, 0.3) is 0 Å². The van der Waals surface area contributed by atoms with Crippen LogP contribution in [0.5, 0.6) is 11.5 Å². The predicted octanol–water partition coefficient (Wildman–Crippen LogP) is 0.506. The molecule has 0 unspecified atom stereocenters. The van der Waals surface area contributed by atoms with Crippen molar-refractivity contribution >= 4 is 11.9 Å². The number of hydrogen-bond acceptors (Lipinski definition) is 6. The molecule has 5 N–H and O–H groups in total. The number of carboxylic acid groups (broad SMARTS) is 2. The van der Waals surface area contributed by atoms with Crippen molar-refractivity contribution in [1.29, 1.82) is 0 Å².